The van der Waals surface area contributed by atoms with E-state index in [1.807, 2.05) is 9.80 Å². The molecule has 4 aliphatic carbocycles. The first-order valence-electron chi connectivity index (χ1n) is 15.9. The molecule has 1 unspecified atom stereocenters. The number of piperazine rings is 1. The summed E-state index contributed by atoms with van der Waals surface area (Å²) in [5.41, 5.74) is 2.78. The lowest BCUT2D eigenvalue weighted by Gasteiger charge is -2.58. The third kappa shape index (κ3) is 4.80. The molecule has 3 saturated carbocycles. The summed E-state index contributed by atoms with van der Waals surface area (Å²) in [6, 6.07) is 1.69. The summed E-state index contributed by atoms with van der Waals surface area (Å²) < 4.78 is 0. The number of rotatable bonds is 5. The molecular formula is C33H48N4O3. The molecule has 1 aromatic heterocycles. The second-order valence-electron chi connectivity index (χ2n) is 14.2. The minimum atomic E-state index is -0.139. The average Bonchev–Trinajstić information content (AvgIpc) is 3.33. The van der Waals surface area contributed by atoms with Crippen LogP contribution in [0.2, 0.25) is 0 Å². The SMILES string of the molecule is CC(CCC(=O)N1CCN(C(=O)c2ccnnc2)CC1)[C@H]1CC[C@H]2[C@@H]3CC=C4C[C@@H](O)CC[C@]4(C)[C@H]3CC[C@]12C. The number of aliphatic hydroxyl groups excluding tert-OH is 1. The highest BCUT2D eigenvalue weighted by Crippen LogP contribution is 2.67. The molecule has 4 fully saturated rings. The molecule has 0 aromatic carbocycles. The van der Waals surface area contributed by atoms with E-state index >= 15 is 0 Å². The van der Waals surface area contributed by atoms with Gasteiger partial charge < -0.3 is 14.9 Å². The summed E-state index contributed by atoms with van der Waals surface area (Å²) in [5, 5.41) is 17.9. The van der Waals surface area contributed by atoms with Crippen LogP contribution in [0.3, 0.4) is 0 Å². The van der Waals surface area contributed by atoms with E-state index < -0.39 is 0 Å². The van der Waals surface area contributed by atoms with Crippen LogP contribution in [0, 0.1) is 40.4 Å². The van der Waals surface area contributed by atoms with Gasteiger partial charge in [-0.05, 0) is 104 Å². The highest BCUT2D eigenvalue weighted by atomic mass is 16.3. The van der Waals surface area contributed by atoms with E-state index in [0.717, 1.165) is 43.4 Å². The summed E-state index contributed by atoms with van der Waals surface area (Å²) in [7, 11) is 0. The van der Waals surface area contributed by atoms with Gasteiger partial charge >= 0.3 is 0 Å². The van der Waals surface area contributed by atoms with E-state index in [4.69, 9.17) is 0 Å². The quantitative estimate of drug-likeness (QED) is 0.517. The second-order valence-corrected chi connectivity index (χ2v) is 14.2. The maximum absolute atomic E-state index is 13.2. The lowest BCUT2D eigenvalue weighted by Crippen LogP contribution is -2.51. The van der Waals surface area contributed by atoms with Gasteiger partial charge in [0.25, 0.3) is 5.91 Å². The first-order chi connectivity index (χ1) is 19.2. The average molecular weight is 549 g/mol. The standard InChI is InChI=1S/C33H48N4O3/c1-22(4-9-30(39)36-16-18-37(19-17-36)31(40)23-12-15-34-35-21-23)27-7-8-28-26-6-5-24-20-25(38)10-13-32(24,2)29(26)11-14-33(27,28)3/h5,12,15,21-22,25-29,38H,4,6-11,13-14,16-20H2,1-3H3/t22?,25-,26-,27+,28-,29-,32-,33+/m0/s1. The minimum Gasteiger partial charge on any atom is -0.393 e. The Kier molecular flexibility index (Phi) is 7.56. The fourth-order valence-corrected chi connectivity index (χ4v) is 10.1. The third-order valence-corrected chi connectivity index (χ3v) is 12.4. The number of hydrogen-bond acceptors (Lipinski definition) is 5. The van der Waals surface area contributed by atoms with Crippen molar-refractivity contribution >= 4 is 11.8 Å². The van der Waals surface area contributed by atoms with E-state index in [1.165, 1.54) is 44.5 Å². The Morgan fingerprint density at radius 2 is 1.80 bits per heavy atom. The summed E-state index contributed by atoms with van der Waals surface area (Å²) in [6.45, 7) is 9.86. The number of nitrogens with zero attached hydrogens (tertiary/aromatic N) is 4. The first kappa shape index (κ1) is 27.9. The summed E-state index contributed by atoms with van der Waals surface area (Å²) in [5.74, 6) is 3.79. The highest BCUT2D eigenvalue weighted by molar-refractivity contribution is 5.94. The zero-order chi connectivity index (χ0) is 28.1. The largest absolute Gasteiger partial charge is 0.393 e. The second kappa shape index (κ2) is 10.8. The van der Waals surface area contributed by atoms with Crippen LogP contribution in [0.5, 0.6) is 0 Å². The summed E-state index contributed by atoms with van der Waals surface area (Å²) in [6.07, 6.45) is 16.5. The zero-order valence-corrected chi connectivity index (χ0v) is 24.7. The Hall–Kier alpha value is -2.28. The van der Waals surface area contributed by atoms with Gasteiger partial charge in [-0.25, -0.2) is 0 Å². The molecule has 218 valence electrons. The monoisotopic (exact) mass is 548 g/mol. The smallest absolute Gasteiger partial charge is 0.255 e. The summed E-state index contributed by atoms with van der Waals surface area (Å²) in [4.78, 5) is 29.7. The number of allylic oxidation sites excluding steroid dienone is 1. The van der Waals surface area contributed by atoms with Crippen molar-refractivity contribution in [1.29, 1.82) is 0 Å². The lowest BCUT2D eigenvalue weighted by molar-refractivity contribution is -0.133. The molecule has 6 rings (SSSR count). The number of carbonyl (C=O) groups is 2. The zero-order valence-electron chi connectivity index (χ0n) is 24.7. The number of fused-ring (bicyclic) bond motifs is 5. The Morgan fingerprint density at radius 1 is 1.02 bits per heavy atom. The predicted octanol–water partition coefficient (Wildman–Crippen LogP) is 5.12. The molecule has 8 atom stereocenters. The first-order valence-corrected chi connectivity index (χ1v) is 15.9. The van der Waals surface area contributed by atoms with Crippen molar-refractivity contribution < 1.29 is 14.7 Å². The topological polar surface area (TPSA) is 86.6 Å². The predicted molar refractivity (Wildman–Crippen MR) is 154 cm³/mol. The molecular weight excluding hydrogens is 500 g/mol. The van der Waals surface area contributed by atoms with Gasteiger partial charge in [0, 0.05) is 32.6 Å². The normalized spacial score (nSPS) is 38.1. The number of hydrogen-bond donors (Lipinski definition) is 1. The van der Waals surface area contributed by atoms with Gasteiger partial charge in [-0.3, -0.25) is 9.59 Å². The molecule has 7 heteroatoms. The number of aliphatic hydroxyl groups is 1. The Labute approximate surface area is 239 Å². The van der Waals surface area contributed by atoms with Gasteiger partial charge in [0.1, 0.15) is 0 Å². The molecule has 1 aliphatic heterocycles. The van der Waals surface area contributed by atoms with Gasteiger partial charge in [0.2, 0.25) is 5.91 Å². The Bertz CT molecular complexity index is 1130. The maximum atomic E-state index is 13.2. The molecule has 2 amide bonds. The molecule has 1 saturated heterocycles. The van der Waals surface area contributed by atoms with Gasteiger partial charge in [0.05, 0.1) is 24.1 Å². The van der Waals surface area contributed by atoms with Crippen molar-refractivity contribution in [3.8, 4) is 0 Å². The van der Waals surface area contributed by atoms with Crippen LogP contribution in [-0.2, 0) is 4.79 Å². The van der Waals surface area contributed by atoms with E-state index in [9.17, 15) is 14.7 Å². The number of carbonyl (C=O) groups excluding carboxylic acids is 2. The number of aromatic nitrogens is 2. The van der Waals surface area contributed by atoms with Crippen LogP contribution >= 0.6 is 0 Å². The molecule has 0 radical (unpaired) electrons. The molecule has 0 spiro atoms. The van der Waals surface area contributed by atoms with Gasteiger partial charge in [-0.15, -0.1) is 0 Å². The third-order valence-electron chi connectivity index (χ3n) is 12.4. The van der Waals surface area contributed by atoms with Gasteiger partial charge in [-0.2, -0.15) is 10.2 Å². The molecule has 0 bridgehead atoms. The molecule has 40 heavy (non-hydrogen) atoms. The van der Waals surface area contributed by atoms with Crippen LogP contribution < -0.4 is 0 Å². The lowest BCUT2D eigenvalue weighted by atomic mass is 9.47. The van der Waals surface area contributed by atoms with Crippen molar-refractivity contribution in [3.05, 3.63) is 35.7 Å². The molecule has 1 N–H and O–H groups in total. The van der Waals surface area contributed by atoms with Crippen molar-refractivity contribution in [2.45, 2.75) is 91.1 Å². The fraction of sp³-hybridized carbons (Fsp3) is 0.758. The van der Waals surface area contributed by atoms with Crippen LogP contribution in [-0.4, -0.2) is 69.2 Å². The molecule has 7 nitrogen and oxygen atoms in total. The van der Waals surface area contributed by atoms with E-state index in [2.05, 4.69) is 37.0 Å². The highest BCUT2D eigenvalue weighted by Gasteiger charge is 2.59. The van der Waals surface area contributed by atoms with Crippen LogP contribution in [0.1, 0.15) is 95.3 Å². The van der Waals surface area contributed by atoms with Crippen LogP contribution in [0.4, 0.5) is 0 Å². The molecule has 1 aromatic rings. The van der Waals surface area contributed by atoms with E-state index in [0.29, 0.717) is 60.8 Å². The van der Waals surface area contributed by atoms with Gasteiger partial charge in [-0.1, -0.05) is 32.4 Å². The Morgan fingerprint density at radius 3 is 2.55 bits per heavy atom. The molecule has 5 aliphatic rings. The van der Waals surface area contributed by atoms with Crippen molar-refractivity contribution in [3.63, 3.8) is 0 Å². The minimum absolute atomic E-state index is 0.0332. The van der Waals surface area contributed by atoms with E-state index in [1.54, 1.807) is 11.6 Å². The van der Waals surface area contributed by atoms with Crippen LogP contribution in [0.25, 0.3) is 0 Å². The fourth-order valence-electron chi connectivity index (χ4n) is 10.1. The summed E-state index contributed by atoms with van der Waals surface area (Å²) >= 11 is 0. The van der Waals surface area contributed by atoms with Crippen molar-refractivity contribution in [2.24, 2.45) is 40.4 Å². The maximum Gasteiger partial charge on any atom is 0.255 e. The van der Waals surface area contributed by atoms with Crippen molar-refractivity contribution in [1.82, 2.24) is 20.0 Å². The van der Waals surface area contributed by atoms with Crippen molar-refractivity contribution in [2.75, 3.05) is 26.2 Å². The Balaban J connectivity index is 1.02. The molecule has 2 heterocycles. The van der Waals surface area contributed by atoms with E-state index in [-0.39, 0.29) is 17.9 Å². The van der Waals surface area contributed by atoms with Gasteiger partial charge in [0.15, 0.2) is 0 Å². The van der Waals surface area contributed by atoms with Crippen LogP contribution in [0.15, 0.2) is 30.1 Å². The number of amides is 2.